The number of halogens is 1. The summed E-state index contributed by atoms with van der Waals surface area (Å²) < 4.78 is 1.24. The van der Waals surface area contributed by atoms with Crippen LogP contribution in [0.1, 0.15) is 38.5 Å². The molecule has 19 heavy (non-hydrogen) atoms. The molecule has 0 amide bonds. The van der Waals surface area contributed by atoms with E-state index in [1.165, 1.54) is 28.0 Å². The molecule has 0 aromatic carbocycles. The minimum atomic E-state index is 0.636. The Morgan fingerprint density at radius 3 is 2.84 bits per heavy atom. The van der Waals surface area contributed by atoms with E-state index in [-0.39, 0.29) is 0 Å². The Hall–Kier alpha value is 0.1000. The molecule has 2 nitrogen and oxygen atoms in total. The van der Waals surface area contributed by atoms with Crippen LogP contribution >= 0.6 is 27.3 Å². The van der Waals surface area contributed by atoms with Crippen molar-refractivity contribution in [1.29, 1.82) is 0 Å². The summed E-state index contributed by atoms with van der Waals surface area (Å²) in [5.74, 6) is 0.708. The SMILES string of the molecule is CCCC1CNC(C(C)C)CN1Cc1ccc(Br)s1. The second-order valence-corrected chi connectivity index (χ2v) is 8.38. The highest BCUT2D eigenvalue weighted by atomic mass is 79.9. The van der Waals surface area contributed by atoms with Crippen molar-refractivity contribution in [2.45, 2.75) is 52.2 Å². The van der Waals surface area contributed by atoms with Gasteiger partial charge in [0.25, 0.3) is 0 Å². The van der Waals surface area contributed by atoms with Gasteiger partial charge in [0.05, 0.1) is 3.79 Å². The zero-order valence-electron chi connectivity index (χ0n) is 12.2. The third-order valence-electron chi connectivity index (χ3n) is 3.98. The Morgan fingerprint density at radius 1 is 1.47 bits per heavy atom. The van der Waals surface area contributed by atoms with E-state index in [9.17, 15) is 0 Å². The first-order valence-corrected chi connectivity index (χ1v) is 8.92. The van der Waals surface area contributed by atoms with Gasteiger partial charge in [-0.1, -0.05) is 27.2 Å². The number of piperazine rings is 1. The molecule has 0 saturated carbocycles. The lowest BCUT2D eigenvalue weighted by Gasteiger charge is -2.41. The van der Waals surface area contributed by atoms with Gasteiger partial charge in [-0.3, -0.25) is 4.90 Å². The number of rotatable bonds is 5. The number of hydrogen-bond acceptors (Lipinski definition) is 3. The van der Waals surface area contributed by atoms with Crippen LogP contribution in [0.3, 0.4) is 0 Å². The fourth-order valence-electron chi connectivity index (χ4n) is 2.78. The predicted octanol–water partition coefficient (Wildman–Crippen LogP) is 4.11. The maximum atomic E-state index is 3.73. The first-order chi connectivity index (χ1) is 9.10. The molecule has 0 radical (unpaired) electrons. The molecule has 2 atom stereocenters. The molecule has 1 aromatic rings. The van der Waals surface area contributed by atoms with Crippen molar-refractivity contribution in [2.75, 3.05) is 13.1 Å². The molecule has 1 fully saturated rings. The summed E-state index contributed by atoms with van der Waals surface area (Å²) in [4.78, 5) is 4.15. The van der Waals surface area contributed by atoms with Crippen LogP contribution in [0.2, 0.25) is 0 Å². The molecule has 1 aromatic heterocycles. The van der Waals surface area contributed by atoms with Crippen LogP contribution in [0.5, 0.6) is 0 Å². The second kappa shape index (κ2) is 7.21. The first-order valence-electron chi connectivity index (χ1n) is 7.31. The van der Waals surface area contributed by atoms with Gasteiger partial charge >= 0.3 is 0 Å². The van der Waals surface area contributed by atoms with Gasteiger partial charge in [0.15, 0.2) is 0 Å². The number of thiophene rings is 1. The fourth-order valence-corrected chi connectivity index (χ4v) is 4.29. The average molecular weight is 345 g/mol. The molecule has 0 spiro atoms. The molecule has 1 aliphatic heterocycles. The lowest BCUT2D eigenvalue weighted by atomic mass is 9.97. The van der Waals surface area contributed by atoms with Gasteiger partial charge in [0, 0.05) is 36.6 Å². The predicted molar refractivity (Wildman–Crippen MR) is 87.8 cm³/mol. The van der Waals surface area contributed by atoms with E-state index >= 15 is 0 Å². The molecule has 108 valence electrons. The lowest BCUT2D eigenvalue weighted by Crippen LogP contribution is -2.57. The number of nitrogens with zero attached hydrogens (tertiary/aromatic N) is 1. The number of nitrogens with one attached hydrogen (secondary N) is 1. The van der Waals surface area contributed by atoms with Crippen LogP contribution in [-0.4, -0.2) is 30.1 Å². The number of hydrogen-bond donors (Lipinski definition) is 1. The lowest BCUT2D eigenvalue weighted by molar-refractivity contribution is 0.101. The van der Waals surface area contributed by atoms with E-state index in [4.69, 9.17) is 0 Å². The smallest absolute Gasteiger partial charge is 0.0701 e. The molecule has 4 heteroatoms. The molecule has 0 aliphatic carbocycles. The molecular weight excluding hydrogens is 320 g/mol. The maximum Gasteiger partial charge on any atom is 0.0701 e. The zero-order valence-corrected chi connectivity index (χ0v) is 14.6. The highest BCUT2D eigenvalue weighted by Gasteiger charge is 2.28. The fraction of sp³-hybridized carbons (Fsp3) is 0.733. The van der Waals surface area contributed by atoms with Crippen molar-refractivity contribution in [1.82, 2.24) is 10.2 Å². The Bertz CT molecular complexity index is 391. The highest BCUT2D eigenvalue weighted by molar-refractivity contribution is 9.11. The van der Waals surface area contributed by atoms with Gasteiger partial charge in [-0.05, 0) is 40.4 Å². The summed E-state index contributed by atoms with van der Waals surface area (Å²) in [6.07, 6.45) is 2.56. The summed E-state index contributed by atoms with van der Waals surface area (Å²) in [7, 11) is 0. The third kappa shape index (κ3) is 4.28. The first kappa shape index (κ1) is 15.5. The van der Waals surface area contributed by atoms with Gasteiger partial charge in [-0.25, -0.2) is 0 Å². The molecule has 2 rings (SSSR count). The Balaban J connectivity index is 2.02. The van der Waals surface area contributed by atoms with E-state index in [2.05, 4.69) is 59.1 Å². The van der Waals surface area contributed by atoms with Crippen molar-refractivity contribution in [2.24, 2.45) is 5.92 Å². The largest absolute Gasteiger partial charge is 0.311 e. The Labute approximate surface area is 129 Å². The standard InChI is InChI=1S/C15H25BrN2S/c1-4-5-12-8-17-14(11(2)3)10-18(12)9-13-6-7-15(16)19-13/h6-7,11-12,14,17H,4-5,8-10H2,1-3H3. The molecule has 1 N–H and O–H groups in total. The average Bonchev–Trinajstić information content (AvgIpc) is 2.77. The highest BCUT2D eigenvalue weighted by Crippen LogP contribution is 2.26. The minimum Gasteiger partial charge on any atom is -0.311 e. The van der Waals surface area contributed by atoms with Crippen LogP contribution in [0, 0.1) is 5.92 Å². The van der Waals surface area contributed by atoms with Crippen molar-refractivity contribution >= 4 is 27.3 Å². The van der Waals surface area contributed by atoms with Crippen LogP contribution in [0.4, 0.5) is 0 Å². The van der Waals surface area contributed by atoms with Gasteiger partial charge in [-0.2, -0.15) is 0 Å². The maximum absolute atomic E-state index is 3.73. The van der Waals surface area contributed by atoms with Crippen LogP contribution in [-0.2, 0) is 6.54 Å². The van der Waals surface area contributed by atoms with Crippen molar-refractivity contribution < 1.29 is 0 Å². The molecule has 0 bridgehead atoms. The Morgan fingerprint density at radius 2 is 2.26 bits per heavy atom. The minimum absolute atomic E-state index is 0.636. The van der Waals surface area contributed by atoms with Crippen LogP contribution in [0.15, 0.2) is 15.9 Å². The monoisotopic (exact) mass is 344 g/mol. The third-order valence-corrected chi connectivity index (χ3v) is 5.59. The molecule has 2 unspecified atom stereocenters. The van der Waals surface area contributed by atoms with E-state index < -0.39 is 0 Å². The normalized spacial score (nSPS) is 25.1. The topological polar surface area (TPSA) is 15.3 Å². The second-order valence-electron chi connectivity index (χ2n) is 5.84. The quantitative estimate of drug-likeness (QED) is 0.864. The Kier molecular flexibility index (Phi) is 5.87. The molecule has 1 saturated heterocycles. The van der Waals surface area contributed by atoms with Gasteiger partial charge in [0.1, 0.15) is 0 Å². The van der Waals surface area contributed by atoms with E-state index in [1.54, 1.807) is 0 Å². The van der Waals surface area contributed by atoms with Crippen LogP contribution < -0.4 is 5.32 Å². The summed E-state index contributed by atoms with van der Waals surface area (Å²) in [6, 6.07) is 5.75. The van der Waals surface area contributed by atoms with Gasteiger partial charge in [-0.15, -0.1) is 11.3 Å². The molecule has 2 heterocycles. The summed E-state index contributed by atoms with van der Waals surface area (Å²) in [6.45, 7) is 10.3. The summed E-state index contributed by atoms with van der Waals surface area (Å²) in [5, 5.41) is 3.73. The summed E-state index contributed by atoms with van der Waals surface area (Å²) in [5.41, 5.74) is 0. The van der Waals surface area contributed by atoms with E-state index in [0.717, 1.165) is 13.1 Å². The molecular formula is C15H25BrN2S. The van der Waals surface area contributed by atoms with Crippen molar-refractivity contribution in [3.05, 3.63) is 20.8 Å². The zero-order chi connectivity index (χ0) is 13.8. The molecule has 1 aliphatic rings. The van der Waals surface area contributed by atoms with E-state index in [0.29, 0.717) is 18.0 Å². The van der Waals surface area contributed by atoms with Crippen molar-refractivity contribution in [3.8, 4) is 0 Å². The van der Waals surface area contributed by atoms with Gasteiger partial charge < -0.3 is 5.32 Å². The van der Waals surface area contributed by atoms with Crippen LogP contribution in [0.25, 0.3) is 0 Å². The van der Waals surface area contributed by atoms with E-state index in [1.807, 2.05) is 11.3 Å². The summed E-state index contributed by atoms with van der Waals surface area (Å²) >= 11 is 5.43. The van der Waals surface area contributed by atoms with Crippen molar-refractivity contribution in [3.63, 3.8) is 0 Å². The van der Waals surface area contributed by atoms with Gasteiger partial charge in [0.2, 0.25) is 0 Å².